The highest BCUT2D eigenvalue weighted by Gasteiger charge is 2.34. The van der Waals surface area contributed by atoms with Gasteiger partial charge in [0.25, 0.3) is 0 Å². The molecule has 4 rings (SSSR count). The number of nitrogens with two attached hydrogens (primary N) is 2. The second-order valence-corrected chi connectivity index (χ2v) is 7.87. The van der Waals surface area contributed by atoms with E-state index in [1.165, 1.54) is 0 Å². The number of carbonyl (C=O) groups excluding carboxylic acids is 2. The number of carbonyl (C=O) groups is 2. The minimum atomic E-state index is -0.597. The van der Waals surface area contributed by atoms with Crippen LogP contribution in [0.2, 0.25) is 0 Å². The lowest BCUT2D eigenvalue weighted by Gasteiger charge is -2.32. The van der Waals surface area contributed by atoms with E-state index in [1.807, 2.05) is 36.4 Å². The summed E-state index contributed by atoms with van der Waals surface area (Å²) in [6, 6.07) is 22.0. The maximum Gasteiger partial charge on any atom is 0.338 e. The third-order valence-corrected chi connectivity index (χ3v) is 5.69. The van der Waals surface area contributed by atoms with Gasteiger partial charge in [-0.25, -0.2) is 9.59 Å². The Hall–Kier alpha value is -3.48. The van der Waals surface area contributed by atoms with E-state index >= 15 is 0 Å². The average Bonchev–Trinajstić information content (AvgIpc) is 2.84. The summed E-state index contributed by atoms with van der Waals surface area (Å²) >= 11 is 0. The average molecular weight is 431 g/mol. The number of benzene rings is 3. The van der Waals surface area contributed by atoms with Gasteiger partial charge in [-0.2, -0.15) is 0 Å². The van der Waals surface area contributed by atoms with E-state index in [1.54, 1.807) is 36.4 Å². The molecule has 3 aromatic carbocycles. The highest BCUT2D eigenvalue weighted by Crippen LogP contribution is 2.27. The van der Waals surface area contributed by atoms with E-state index in [9.17, 15) is 9.59 Å². The Morgan fingerprint density at radius 2 is 1.12 bits per heavy atom. The number of hydrogen-bond donors (Lipinski definition) is 2. The first-order chi connectivity index (χ1) is 15.6. The summed E-state index contributed by atoms with van der Waals surface area (Å²) in [5.41, 5.74) is 16.1. The molecule has 0 bridgehead atoms. The molecule has 3 aromatic rings. The molecule has 0 saturated heterocycles. The van der Waals surface area contributed by atoms with Gasteiger partial charge in [-0.1, -0.05) is 48.5 Å². The molecule has 0 spiro atoms. The molecule has 6 heteroatoms. The number of rotatable bonds is 6. The highest BCUT2D eigenvalue weighted by atomic mass is 16.6. The first-order valence-corrected chi connectivity index (χ1v) is 10.6. The van der Waals surface area contributed by atoms with Crippen LogP contribution in [0.15, 0.2) is 72.8 Å². The molecule has 0 unspecified atom stereocenters. The van der Waals surface area contributed by atoms with Crippen LogP contribution >= 0.6 is 0 Å². The summed E-state index contributed by atoms with van der Waals surface area (Å²) in [5.74, 6) is -0.924. The van der Waals surface area contributed by atoms with Gasteiger partial charge in [-0.15, -0.1) is 0 Å². The van der Waals surface area contributed by atoms with Crippen LogP contribution in [0, 0.1) is 0 Å². The quantitative estimate of drug-likeness (QED) is 0.582. The molecule has 1 aliphatic carbocycles. The molecule has 1 aliphatic rings. The van der Waals surface area contributed by atoms with Crippen molar-refractivity contribution in [3.8, 4) is 0 Å². The molecule has 2 atom stereocenters. The predicted octanol–water partition coefficient (Wildman–Crippen LogP) is 3.15. The number of fused-ring (bicyclic) bond motifs is 1. The Morgan fingerprint density at radius 1 is 0.688 bits per heavy atom. The van der Waals surface area contributed by atoms with Crippen LogP contribution in [0.4, 0.5) is 0 Å². The zero-order valence-corrected chi connectivity index (χ0v) is 17.7. The van der Waals surface area contributed by atoms with Gasteiger partial charge in [0.1, 0.15) is 12.2 Å². The summed E-state index contributed by atoms with van der Waals surface area (Å²) in [4.78, 5) is 25.7. The first-order valence-electron chi connectivity index (χ1n) is 10.6. The lowest BCUT2D eigenvalue weighted by molar-refractivity contribution is -0.0389. The fourth-order valence-electron chi connectivity index (χ4n) is 3.95. The molecule has 0 heterocycles. The van der Waals surface area contributed by atoms with Crippen LogP contribution in [0.3, 0.4) is 0 Å². The van der Waals surface area contributed by atoms with Crippen molar-refractivity contribution in [1.82, 2.24) is 0 Å². The van der Waals surface area contributed by atoms with Crippen molar-refractivity contribution in [2.45, 2.75) is 38.1 Å². The van der Waals surface area contributed by atoms with Crippen molar-refractivity contribution < 1.29 is 19.1 Å². The SMILES string of the molecule is NCc1cccc(C(=O)O[C@H]2Cc3ccccc3C[C@H]2OC(=O)c2cccc(CN)c2)c1. The van der Waals surface area contributed by atoms with Crippen LogP contribution in [-0.2, 0) is 35.4 Å². The molecule has 0 aliphatic heterocycles. The van der Waals surface area contributed by atoms with E-state index in [0.717, 1.165) is 22.3 Å². The molecule has 0 aromatic heterocycles. The van der Waals surface area contributed by atoms with Crippen molar-refractivity contribution in [1.29, 1.82) is 0 Å². The molecule has 0 saturated carbocycles. The Kier molecular flexibility index (Phi) is 6.63. The monoisotopic (exact) mass is 430 g/mol. The van der Waals surface area contributed by atoms with E-state index < -0.39 is 24.1 Å². The van der Waals surface area contributed by atoms with Gasteiger partial charge >= 0.3 is 11.9 Å². The minimum Gasteiger partial charge on any atom is -0.454 e. The van der Waals surface area contributed by atoms with E-state index in [0.29, 0.717) is 37.1 Å². The standard InChI is InChI=1S/C26H26N2O4/c27-15-17-5-3-9-21(11-17)25(29)31-23-13-19-7-1-2-8-20(19)14-24(23)32-26(30)22-10-4-6-18(12-22)16-28/h1-12,23-24H,13-16,27-28H2/t23-,24+. The Bertz CT molecular complexity index is 1040. The van der Waals surface area contributed by atoms with E-state index in [-0.39, 0.29) is 0 Å². The summed E-state index contributed by atoms with van der Waals surface area (Å²) in [6.45, 7) is 0.667. The van der Waals surface area contributed by atoms with Crippen molar-refractivity contribution >= 4 is 11.9 Å². The van der Waals surface area contributed by atoms with Gasteiger partial charge in [0, 0.05) is 25.9 Å². The highest BCUT2D eigenvalue weighted by molar-refractivity contribution is 5.90. The third kappa shape index (κ3) is 4.88. The molecule has 0 radical (unpaired) electrons. The van der Waals surface area contributed by atoms with Gasteiger partial charge in [0.05, 0.1) is 11.1 Å². The van der Waals surface area contributed by atoms with Gasteiger partial charge in [-0.3, -0.25) is 0 Å². The first kappa shape index (κ1) is 21.7. The van der Waals surface area contributed by atoms with Gasteiger partial charge < -0.3 is 20.9 Å². The van der Waals surface area contributed by atoms with Crippen molar-refractivity contribution in [3.63, 3.8) is 0 Å². The van der Waals surface area contributed by atoms with Gasteiger partial charge in [-0.05, 0) is 46.5 Å². The van der Waals surface area contributed by atoms with E-state index in [2.05, 4.69) is 0 Å². The van der Waals surface area contributed by atoms with Gasteiger partial charge in [0.2, 0.25) is 0 Å². The maximum absolute atomic E-state index is 12.9. The number of esters is 2. The topological polar surface area (TPSA) is 105 Å². The second kappa shape index (κ2) is 9.77. The fraction of sp³-hybridized carbons (Fsp3) is 0.231. The van der Waals surface area contributed by atoms with Crippen molar-refractivity contribution in [2.24, 2.45) is 11.5 Å². The fourth-order valence-corrected chi connectivity index (χ4v) is 3.95. The van der Waals surface area contributed by atoms with Crippen LogP contribution < -0.4 is 11.5 Å². The molecule has 0 fully saturated rings. The molecular formula is C26H26N2O4. The smallest absolute Gasteiger partial charge is 0.338 e. The third-order valence-electron chi connectivity index (χ3n) is 5.69. The number of hydrogen-bond acceptors (Lipinski definition) is 6. The molecule has 4 N–H and O–H groups in total. The zero-order valence-electron chi connectivity index (χ0n) is 17.7. The van der Waals surface area contributed by atoms with Gasteiger partial charge in [0.15, 0.2) is 0 Å². The Balaban J connectivity index is 1.56. The van der Waals surface area contributed by atoms with Crippen LogP contribution in [0.5, 0.6) is 0 Å². The van der Waals surface area contributed by atoms with Crippen LogP contribution in [0.1, 0.15) is 43.0 Å². The van der Waals surface area contributed by atoms with E-state index in [4.69, 9.17) is 20.9 Å². The normalized spacial score (nSPS) is 17.3. The summed E-state index contributed by atoms with van der Waals surface area (Å²) in [6.07, 6.45) is -0.250. The van der Waals surface area contributed by atoms with Crippen LogP contribution in [0.25, 0.3) is 0 Å². The molecular weight excluding hydrogens is 404 g/mol. The lowest BCUT2D eigenvalue weighted by atomic mass is 9.87. The minimum absolute atomic E-state index is 0.333. The summed E-state index contributed by atoms with van der Waals surface area (Å²) < 4.78 is 11.7. The summed E-state index contributed by atoms with van der Waals surface area (Å²) in [7, 11) is 0. The Morgan fingerprint density at radius 3 is 1.53 bits per heavy atom. The van der Waals surface area contributed by atoms with Crippen LogP contribution in [-0.4, -0.2) is 24.1 Å². The lowest BCUT2D eigenvalue weighted by Crippen LogP contribution is -2.41. The molecule has 32 heavy (non-hydrogen) atoms. The second-order valence-electron chi connectivity index (χ2n) is 7.87. The molecule has 6 nitrogen and oxygen atoms in total. The maximum atomic E-state index is 12.9. The molecule has 0 amide bonds. The Labute approximate surface area is 187 Å². The predicted molar refractivity (Wildman–Crippen MR) is 121 cm³/mol. The zero-order chi connectivity index (χ0) is 22.5. The number of ether oxygens (including phenoxy) is 2. The largest absolute Gasteiger partial charge is 0.454 e. The summed E-state index contributed by atoms with van der Waals surface area (Å²) in [5, 5.41) is 0. The van der Waals surface area contributed by atoms with Crippen molar-refractivity contribution in [3.05, 3.63) is 106 Å². The molecule has 164 valence electrons. The van der Waals surface area contributed by atoms with Crippen molar-refractivity contribution in [2.75, 3.05) is 0 Å².